The highest BCUT2D eigenvalue weighted by Gasteiger charge is 2.11. The van der Waals surface area contributed by atoms with Crippen LogP contribution in [0.4, 0.5) is 0 Å². The molecule has 0 aliphatic carbocycles. The van der Waals surface area contributed by atoms with Gasteiger partial charge in [-0.15, -0.1) is 0 Å². The molecule has 0 bridgehead atoms. The van der Waals surface area contributed by atoms with Crippen molar-refractivity contribution in [1.82, 2.24) is 0 Å². The summed E-state index contributed by atoms with van der Waals surface area (Å²) in [6.45, 7) is 3.64. The van der Waals surface area contributed by atoms with Gasteiger partial charge in [0.2, 0.25) is 0 Å². The molecule has 20 heavy (non-hydrogen) atoms. The van der Waals surface area contributed by atoms with Crippen LogP contribution in [0.25, 0.3) is 11.1 Å². The maximum absolute atomic E-state index is 11.5. The zero-order valence-corrected chi connectivity index (χ0v) is 13.8. The SMILES string of the molecule is CCC(=O)C(C)Oc1ccc(-c2ccc(I)cc2)cc1. The number of benzene rings is 2. The molecular weight excluding hydrogens is 363 g/mol. The van der Waals surface area contributed by atoms with Crippen molar-refractivity contribution in [2.75, 3.05) is 0 Å². The lowest BCUT2D eigenvalue weighted by Gasteiger charge is -2.13. The highest BCUT2D eigenvalue weighted by molar-refractivity contribution is 14.1. The van der Waals surface area contributed by atoms with Crippen LogP contribution >= 0.6 is 22.6 Å². The number of rotatable bonds is 5. The van der Waals surface area contributed by atoms with E-state index < -0.39 is 0 Å². The molecule has 0 spiro atoms. The van der Waals surface area contributed by atoms with Crippen molar-refractivity contribution in [3.63, 3.8) is 0 Å². The Bertz CT molecular complexity index is 573. The summed E-state index contributed by atoms with van der Waals surface area (Å²) in [6, 6.07) is 16.2. The lowest BCUT2D eigenvalue weighted by molar-refractivity contribution is -0.124. The summed E-state index contributed by atoms with van der Waals surface area (Å²) >= 11 is 2.29. The molecule has 0 heterocycles. The Morgan fingerprint density at radius 1 is 1.05 bits per heavy atom. The number of ketones is 1. The van der Waals surface area contributed by atoms with Crippen LogP contribution in [0.5, 0.6) is 5.75 Å². The topological polar surface area (TPSA) is 26.3 Å². The molecule has 2 nitrogen and oxygen atoms in total. The second kappa shape index (κ2) is 6.88. The monoisotopic (exact) mass is 380 g/mol. The Hall–Kier alpha value is -1.36. The Labute approximate surface area is 133 Å². The molecule has 0 aliphatic rings. The Balaban J connectivity index is 2.10. The van der Waals surface area contributed by atoms with E-state index >= 15 is 0 Å². The van der Waals surface area contributed by atoms with Gasteiger partial charge >= 0.3 is 0 Å². The van der Waals surface area contributed by atoms with E-state index in [2.05, 4.69) is 46.9 Å². The smallest absolute Gasteiger partial charge is 0.172 e. The minimum Gasteiger partial charge on any atom is -0.483 e. The lowest BCUT2D eigenvalue weighted by Crippen LogP contribution is -2.22. The molecule has 0 aromatic heterocycles. The molecule has 0 N–H and O–H groups in total. The van der Waals surface area contributed by atoms with Crippen LogP contribution in [0.15, 0.2) is 48.5 Å². The number of carbonyl (C=O) groups is 1. The maximum Gasteiger partial charge on any atom is 0.172 e. The van der Waals surface area contributed by atoms with Gasteiger partial charge < -0.3 is 4.74 Å². The molecular formula is C17H17IO2. The van der Waals surface area contributed by atoms with E-state index in [-0.39, 0.29) is 11.9 Å². The van der Waals surface area contributed by atoms with Crippen molar-refractivity contribution < 1.29 is 9.53 Å². The van der Waals surface area contributed by atoms with Gasteiger partial charge in [0, 0.05) is 9.99 Å². The molecule has 3 heteroatoms. The van der Waals surface area contributed by atoms with Crippen LogP contribution in [0.1, 0.15) is 20.3 Å². The summed E-state index contributed by atoms with van der Waals surface area (Å²) in [6.07, 6.45) is 0.117. The van der Waals surface area contributed by atoms with Crippen LogP contribution in [-0.4, -0.2) is 11.9 Å². The molecule has 0 saturated heterocycles. The third kappa shape index (κ3) is 3.82. The van der Waals surface area contributed by atoms with Gasteiger partial charge in [-0.1, -0.05) is 31.2 Å². The highest BCUT2D eigenvalue weighted by atomic mass is 127. The number of hydrogen-bond acceptors (Lipinski definition) is 2. The standard InChI is InChI=1S/C17H17IO2/c1-3-17(19)12(2)20-16-10-6-14(7-11-16)13-4-8-15(18)9-5-13/h4-12H,3H2,1-2H3. The van der Waals surface area contributed by atoms with Gasteiger partial charge in [-0.2, -0.15) is 0 Å². The van der Waals surface area contributed by atoms with Crippen molar-refractivity contribution in [3.8, 4) is 16.9 Å². The van der Waals surface area contributed by atoms with Crippen molar-refractivity contribution in [2.45, 2.75) is 26.4 Å². The fourth-order valence-electron chi connectivity index (χ4n) is 1.93. The quantitative estimate of drug-likeness (QED) is 0.703. The first kappa shape index (κ1) is 15.0. The highest BCUT2D eigenvalue weighted by Crippen LogP contribution is 2.23. The molecule has 0 saturated carbocycles. The van der Waals surface area contributed by atoms with Crippen molar-refractivity contribution >= 4 is 28.4 Å². The summed E-state index contributed by atoms with van der Waals surface area (Å²) in [5, 5.41) is 0. The summed E-state index contributed by atoms with van der Waals surface area (Å²) in [5.74, 6) is 0.847. The van der Waals surface area contributed by atoms with E-state index in [0.29, 0.717) is 6.42 Å². The average molecular weight is 380 g/mol. The summed E-state index contributed by atoms with van der Waals surface area (Å²) in [4.78, 5) is 11.5. The minimum absolute atomic E-state index is 0.117. The van der Waals surface area contributed by atoms with Gasteiger partial charge in [-0.05, 0) is 64.9 Å². The number of ether oxygens (including phenoxy) is 1. The van der Waals surface area contributed by atoms with Gasteiger partial charge in [0.25, 0.3) is 0 Å². The normalized spacial score (nSPS) is 11.9. The summed E-state index contributed by atoms with van der Waals surface area (Å²) in [5.41, 5.74) is 2.32. The number of halogens is 1. The number of Topliss-reactive ketones (excluding diaryl/α,β-unsaturated/α-hetero) is 1. The molecule has 2 aromatic carbocycles. The predicted octanol–water partition coefficient (Wildman–Crippen LogP) is 4.70. The Morgan fingerprint density at radius 2 is 1.55 bits per heavy atom. The first-order valence-corrected chi connectivity index (χ1v) is 7.73. The molecule has 2 rings (SSSR count). The van der Waals surface area contributed by atoms with E-state index in [0.717, 1.165) is 11.3 Å². The number of hydrogen-bond donors (Lipinski definition) is 0. The first-order chi connectivity index (χ1) is 9.60. The van der Waals surface area contributed by atoms with E-state index in [1.165, 1.54) is 9.13 Å². The molecule has 1 atom stereocenters. The van der Waals surface area contributed by atoms with Crippen LogP contribution in [0.3, 0.4) is 0 Å². The summed E-state index contributed by atoms with van der Waals surface area (Å²) < 4.78 is 6.85. The predicted molar refractivity (Wildman–Crippen MR) is 90.0 cm³/mol. The second-order valence-electron chi connectivity index (χ2n) is 4.61. The van der Waals surface area contributed by atoms with Crippen molar-refractivity contribution in [3.05, 3.63) is 52.1 Å². The van der Waals surface area contributed by atoms with E-state index in [9.17, 15) is 4.79 Å². The van der Waals surface area contributed by atoms with Crippen LogP contribution in [0, 0.1) is 3.57 Å². The maximum atomic E-state index is 11.5. The van der Waals surface area contributed by atoms with Gasteiger partial charge in [0.1, 0.15) is 5.75 Å². The molecule has 0 fully saturated rings. The lowest BCUT2D eigenvalue weighted by atomic mass is 10.1. The van der Waals surface area contributed by atoms with Crippen LogP contribution in [-0.2, 0) is 4.79 Å². The zero-order valence-electron chi connectivity index (χ0n) is 11.6. The van der Waals surface area contributed by atoms with Gasteiger partial charge in [-0.25, -0.2) is 0 Å². The first-order valence-electron chi connectivity index (χ1n) is 6.65. The molecule has 1 unspecified atom stereocenters. The third-order valence-electron chi connectivity index (χ3n) is 3.15. The fraction of sp³-hybridized carbons (Fsp3) is 0.235. The molecule has 2 aromatic rings. The molecule has 104 valence electrons. The van der Waals surface area contributed by atoms with E-state index in [1.54, 1.807) is 6.92 Å². The zero-order chi connectivity index (χ0) is 14.5. The average Bonchev–Trinajstić information content (AvgIpc) is 2.48. The van der Waals surface area contributed by atoms with E-state index in [1.807, 2.05) is 31.2 Å². The molecule has 0 radical (unpaired) electrons. The Kier molecular flexibility index (Phi) is 5.17. The van der Waals surface area contributed by atoms with Crippen molar-refractivity contribution in [1.29, 1.82) is 0 Å². The summed E-state index contributed by atoms with van der Waals surface area (Å²) in [7, 11) is 0. The van der Waals surface area contributed by atoms with Crippen LogP contribution in [0.2, 0.25) is 0 Å². The largest absolute Gasteiger partial charge is 0.483 e. The Morgan fingerprint density at radius 3 is 2.05 bits per heavy atom. The van der Waals surface area contributed by atoms with Gasteiger partial charge in [0.15, 0.2) is 11.9 Å². The molecule has 0 aliphatic heterocycles. The molecule has 0 amide bonds. The van der Waals surface area contributed by atoms with Crippen molar-refractivity contribution in [2.24, 2.45) is 0 Å². The van der Waals surface area contributed by atoms with Gasteiger partial charge in [-0.3, -0.25) is 4.79 Å². The number of carbonyl (C=O) groups excluding carboxylic acids is 1. The third-order valence-corrected chi connectivity index (χ3v) is 3.87. The minimum atomic E-state index is -0.385. The van der Waals surface area contributed by atoms with Gasteiger partial charge in [0.05, 0.1) is 0 Å². The second-order valence-corrected chi connectivity index (χ2v) is 5.86. The van der Waals surface area contributed by atoms with E-state index in [4.69, 9.17) is 4.74 Å². The fourth-order valence-corrected chi connectivity index (χ4v) is 2.29. The van der Waals surface area contributed by atoms with Crippen LogP contribution < -0.4 is 4.74 Å².